The average Bonchev–Trinajstić information content (AvgIpc) is 2.56. The van der Waals surface area contributed by atoms with E-state index in [0.717, 1.165) is 26.3 Å². The summed E-state index contributed by atoms with van der Waals surface area (Å²) in [7, 11) is 0. The van der Waals surface area contributed by atoms with E-state index in [1.807, 2.05) is 13.8 Å². The van der Waals surface area contributed by atoms with Gasteiger partial charge < -0.3 is 15.8 Å². The van der Waals surface area contributed by atoms with Crippen LogP contribution in [0.2, 0.25) is 0 Å². The predicted octanol–water partition coefficient (Wildman–Crippen LogP) is 1.89. The van der Waals surface area contributed by atoms with E-state index in [1.54, 1.807) is 0 Å². The van der Waals surface area contributed by atoms with Crippen molar-refractivity contribution in [2.75, 3.05) is 32.8 Å². The van der Waals surface area contributed by atoms with Crippen LogP contribution in [0.3, 0.4) is 0 Å². The number of hydrogen-bond donors (Lipinski definition) is 2. The first-order valence-electron chi connectivity index (χ1n) is 8.40. The fourth-order valence-corrected chi connectivity index (χ4v) is 2.75. The van der Waals surface area contributed by atoms with E-state index in [9.17, 15) is 4.79 Å². The molecule has 24 heavy (non-hydrogen) atoms. The molecule has 2 rings (SSSR count). The molecule has 0 spiro atoms. The summed E-state index contributed by atoms with van der Waals surface area (Å²) < 4.78 is 5.45. The van der Waals surface area contributed by atoms with Crippen LogP contribution in [-0.4, -0.2) is 49.7 Å². The summed E-state index contributed by atoms with van der Waals surface area (Å²) >= 11 is 0. The highest BCUT2D eigenvalue weighted by molar-refractivity contribution is 5.85. The minimum atomic E-state index is -0.460. The van der Waals surface area contributed by atoms with Gasteiger partial charge in [0.15, 0.2) is 0 Å². The molecule has 1 unspecified atom stereocenters. The number of amides is 1. The normalized spacial score (nSPS) is 17.9. The molecule has 5 nitrogen and oxygen atoms in total. The van der Waals surface area contributed by atoms with Crippen molar-refractivity contribution in [3.63, 3.8) is 0 Å². The average molecular weight is 356 g/mol. The Labute approximate surface area is 151 Å². The Kier molecular flexibility index (Phi) is 8.70. The van der Waals surface area contributed by atoms with Crippen molar-refractivity contribution in [3.8, 4) is 0 Å². The number of carbonyl (C=O) groups is 1. The van der Waals surface area contributed by atoms with Crippen LogP contribution in [0.4, 0.5) is 0 Å². The number of nitrogens with one attached hydrogen (secondary N) is 1. The van der Waals surface area contributed by atoms with Gasteiger partial charge in [-0.15, -0.1) is 12.4 Å². The van der Waals surface area contributed by atoms with Gasteiger partial charge in [-0.2, -0.15) is 0 Å². The lowest BCUT2D eigenvalue weighted by Gasteiger charge is -2.35. The van der Waals surface area contributed by atoms with Crippen LogP contribution in [0.25, 0.3) is 0 Å². The van der Waals surface area contributed by atoms with E-state index in [4.69, 9.17) is 10.5 Å². The first-order valence-corrected chi connectivity index (χ1v) is 8.40. The third-order valence-corrected chi connectivity index (χ3v) is 4.44. The Morgan fingerprint density at radius 1 is 1.25 bits per heavy atom. The lowest BCUT2D eigenvalue weighted by Crippen LogP contribution is -2.48. The Balaban J connectivity index is 0.00000288. The molecule has 136 valence electrons. The Morgan fingerprint density at radius 2 is 1.83 bits per heavy atom. The predicted molar refractivity (Wildman–Crippen MR) is 99.4 cm³/mol. The van der Waals surface area contributed by atoms with Gasteiger partial charge in [0, 0.05) is 19.6 Å². The molecule has 0 aromatic heterocycles. The Bertz CT molecular complexity index is 501. The van der Waals surface area contributed by atoms with Gasteiger partial charge in [-0.25, -0.2) is 0 Å². The minimum absolute atomic E-state index is 0. The summed E-state index contributed by atoms with van der Waals surface area (Å²) in [6.45, 7) is 9.81. The zero-order valence-electron chi connectivity index (χ0n) is 14.8. The number of rotatable bonds is 6. The summed E-state index contributed by atoms with van der Waals surface area (Å²) in [6.07, 6.45) is 0. The number of hydrogen-bond acceptors (Lipinski definition) is 4. The van der Waals surface area contributed by atoms with Gasteiger partial charge in [-0.05, 0) is 18.4 Å². The molecule has 1 aliphatic heterocycles. The van der Waals surface area contributed by atoms with Crippen LogP contribution in [0.15, 0.2) is 24.3 Å². The smallest absolute Gasteiger partial charge is 0.237 e. The van der Waals surface area contributed by atoms with Crippen LogP contribution in [-0.2, 0) is 9.53 Å². The Hall–Kier alpha value is -1.14. The standard InChI is InChI=1S/C18H29N3O2.ClH/c1-13(2)17(19)18(22)20-12-16(21-8-10-23-11-9-21)15-6-4-14(3)5-7-15;/h4-7,13,16-17H,8-12,19H2,1-3H3,(H,20,22);1H/t16?,17-;/m0./s1. The summed E-state index contributed by atoms with van der Waals surface area (Å²) in [5.74, 6) is 0.0570. The highest BCUT2D eigenvalue weighted by atomic mass is 35.5. The maximum absolute atomic E-state index is 12.2. The molecular weight excluding hydrogens is 326 g/mol. The molecule has 0 aliphatic carbocycles. The zero-order chi connectivity index (χ0) is 16.8. The van der Waals surface area contributed by atoms with Crippen LogP contribution >= 0.6 is 12.4 Å². The Morgan fingerprint density at radius 3 is 2.38 bits per heavy atom. The molecule has 0 saturated carbocycles. The van der Waals surface area contributed by atoms with Crippen molar-refractivity contribution < 1.29 is 9.53 Å². The molecule has 1 saturated heterocycles. The van der Waals surface area contributed by atoms with E-state index < -0.39 is 6.04 Å². The molecular formula is C18H30ClN3O2. The number of halogens is 1. The maximum atomic E-state index is 12.2. The molecule has 2 atom stereocenters. The second-order valence-corrected chi connectivity index (χ2v) is 6.59. The van der Waals surface area contributed by atoms with Crippen molar-refractivity contribution in [3.05, 3.63) is 35.4 Å². The second kappa shape index (κ2) is 9.99. The van der Waals surface area contributed by atoms with Gasteiger partial charge in [-0.3, -0.25) is 9.69 Å². The van der Waals surface area contributed by atoms with Crippen molar-refractivity contribution in [1.82, 2.24) is 10.2 Å². The third kappa shape index (κ3) is 5.74. The first-order chi connectivity index (χ1) is 11.0. The second-order valence-electron chi connectivity index (χ2n) is 6.59. The van der Waals surface area contributed by atoms with E-state index >= 15 is 0 Å². The molecule has 1 aromatic carbocycles. The molecule has 3 N–H and O–H groups in total. The van der Waals surface area contributed by atoms with Crippen molar-refractivity contribution in [1.29, 1.82) is 0 Å². The van der Waals surface area contributed by atoms with Crippen molar-refractivity contribution >= 4 is 18.3 Å². The van der Waals surface area contributed by atoms with Crippen molar-refractivity contribution in [2.24, 2.45) is 11.7 Å². The van der Waals surface area contributed by atoms with Gasteiger partial charge in [0.25, 0.3) is 0 Å². The van der Waals surface area contributed by atoms with Crippen LogP contribution in [0.5, 0.6) is 0 Å². The van der Waals surface area contributed by atoms with E-state index in [2.05, 4.69) is 41.4 Å². The molecule has 1 heterocycles. The molecule has 0 bridgehead atoms. The maximum Gasteiger partial charge on any atom is 0.237 e. The number of nitrogens with zero attached hydrogens (tertiary/aromatic N) is 1. The van der Waals surface area contributed by atoms with E-state index in [1.165, 1.54) is 11.1 Å². The largest absolute Gasteiger partial charge is 0.379 e. The highest BCUT2D eigenvalue weighted by Crippen LogP contribution is 2.22. The number of morpholine rings is 1. The fourth-order valence-electron chi connectivity index (χ4n) is 2.75. The number of ether oxygens (including phenoxy) is 1. The van der Waals surface area contributed by atoms with E-state index in [-0.39, 0.29) is 30.3 Å². The van der Waals surface area contributed by atoms with Gasteiger partial charge in [-0.1, -0.05) is 43.7 Å². The summed E-state index contributed by atoms with van der Waals surface area (Å²) in [5, 5.41) is 3.03. The fraction of sp³-hybridized carbons (Fsp3) is 0.611. The number of aryl methyl sites for hydroxylation is 1. The minimum Gasteiger partial charge on any atom is -0.379 e. The third-order valence-electron chi connectivity index (χ3n) is 4.44. The lowest BCUT2D eigenvalue weighted by molar-refractivity contribution is -0.123. The van der Waals surface area contributed by atoms with Gasteiger partial charge in [0.2, 0.25) is 5.91 Å². The summed E-state index contributed by atoms with van der Waals surface area (Å²) in [5.41, 5.74) is 8.39. The monoisotopic (exact) mass is 355 g/mol. The van der Waals surface area contributed by atoms with Crippen LogP contribution in [0.1, 0.15) is 31.0 Å². The molecule has 1 amide bonds. The van der Waals surface area contributed by atoms with Gasteiger partial charge >= 0.3 is 0 Å². The highest BCUT2D eigenvalue weighted by Gasteiger charge is 2.24. The van der Waals surface area contributed by atoms with Crippen LogP contribution < -0.4 is 11.1 Å². The summed E-state index contributed by atoms with van der Waals surface area (Å²) in [4.78, 5) is 14.5. The zero-order valence-corrected chi connectivity index (χ0v) is 15.6. The van der Waals surface area contributed by atoms with Crippen molar-refractivity contribution in [2.45, 2.75) is 32.9 Å². The topological polar surface area (TPSA) is 67.6 Å². The first kappa shape index (κ1) is 20.9. The molecule has 1 aromatic rings. The molecule has 6 heteroatoms. The van der Waals surface area contributed by atoms with Crippen LogP contribution in [0, 0.1) is 12.8 Å². The number of benzene rings is 1. The van der Waals surface area contributed by atoms with E-state index in [0.29, 0.717) is 6.54 Å². The number of carbonyl (C=O) groups excluding carboxylic acids is 1. The van der Waals surface area contributed by atoms with Gasteiger partial charge in [0.1, 0.15) is 0 Å². The summed E-state index contributed by atoms with van der Waals surface area (Å²) in [6, 6.07) is 8.21. The SMILES string of the molecule is Cc1ccc(C(CNC(=O)[C@@H](N)C(C)C)N2CCOCC2)cc1.Cl. The molecule has 1 aliphatic rings. The van der Waals surface area contributed by atoms with Gasteiger partial charge in [0.05, 0.1) is 25.3 Å². The number of nitrogens with two attached hydrogens (primary N) is 1. The molecule has 0 radical (unpaired) electrons. The molecule has 1 fully saturated rings. The lowest BCUT2D eigenvalue weighted by atomic mass is 10.0. The quantitative estimate of drug-likeness (QED) is 0.817.